The smallest absolute Gasteiger partial charge is 0.386 e. The standard InChI is InChI=1S/C11H14N5O7P/c1-15-8(12)5-9(14-11(15)18)16(3-13-5)10-6(17)7-4(22-10)2-21-24(19,20)23-7/h3-4,6-7,10,17H,2,12H2,1H3,(H,19,20)/t4-,6+,7+,10?/m1/s1. The lowest BCUT2D eigenvalue weighted by molar-refractivity contribution is -0.0664. The number of ether oxygens (including phenoxy) is 1. The molecule has 2 aromatic heterocycles. The molecule has 4 rings (SSSR count). The van der Waals surface area contributed by atoms with E-state index in [0.717, 1.165) is 4.57 Å². The van der Waals surface area contributed by atoms with E-state index in [1.165, 1.54) is 17.9 Å². The number of phosphoric ester groups is 1. The van der Waals surface area contributed by atoms with Crippen LogP contribution in [-0.2, 0) is 25.4 Å². The number of fused-ring (bicyclic) bond motifs is 2. The Hall–Kier alpha value is -1.82. The molecule has 24 heavy (non-hydrogen) atoms. The van der Waals surface area contributed by atoms with Crippen LogP contribution in [0, 0.1) is 0 Å². The van der Waals surface area contributed by atoms with E-state index in [1.54, 1.807) is 0 Å². The first-order chi connectivity index (χ1) is 11.3. The molecule has 0 aliphatic carbocycles. The summed E-state index contributed by atoms with van der Waals surface area (Å²) in [5.74, 6) is 0.119. The van der Waals surface area contributed by atoms with Gasteiger partial charge >= 0.3 is 13.5 Å². The molecule has 2 aromatic rings. The van der Waals surface area contributed by atoms with Crippen molar-refractivity contribution >= 4 is 24.8 Å². The highest BCUT2D eigenvalue weighted by molar-refractivity contribution is 7.47. The van der Waals surface area contributed by atoms with Gasteiger partial charge in [-0.05, 0) is 0 Å². The molecule has 0 saturated carbocycles. The van der Waals surface area contributed by atoms with Crippen molar-refractivity contribution in [3.63, 3.8) is 0 Å². The van der Waals surface area contributed by atoms with Gasteiger partial charge in [0.1, 0.15) is 29.6 Å². The molecule has 2 aliphatic rings. The van der Waals surface area contributed by atoms with Gasteiger partial charge in [0, 0.05) is 7.05 Å². The largest absolute Gasteiger partial charge is 0.472 e. The molecule has 4 N–H and O–H groups in total. The van der Waals surface area contributed by atoms with Gasteiger partial charge in [0.25, 0.3) is 0 Å². The molecule has 12 nitrogen and oxygen atoms in total. The third-order valence-corrected chi connectivity index (χ3v) is 5.09. The monoisotopic (exact) mass is 359 g/mol. The van der Waals surface area contributed by atoms with E-state index >= 15 is 0 Å². The van der Waals surface area contributed by atoms with Crippen molar-refractivity contribution in [2.24, 2.45) is 7.05 Å². The first-order valence-electron chi connectivity index (χ1n) is 6.97. The molecular formula is C11H14N5O7P. The van der Waals surface area contributed by atoms with Crippen LogP contribution in [0.3, 0.4) is 0 Å². The van der Waals surface area contributed by atoms with Crippen LogP contribution in [0.2, 0.25) is 0 Å². The topological polar surface area (TPSA) is 164 Å². The van der Waals surface area contributed by atoms with Gasteiger partial charge in [0.15, 0.2) is 11.9 Å². The first kappa shape index (κ1) is 15.7. The number of hydrogen-bond acceptors (Lipinski definition) is 9. The molecule has 2 aliphatic heterocycles. The van der Waals surface area contributed by atoms with Gasteiger partial charge in [0.05, 0.1) is 12.9 Å². The van der Waals surface area contributed by atoms with Crippen molar-refractivity contribution in [1.82, 2.24) is 19.1 Å². The summed E-state index contributed by atoms with van der Waals surface area (Å²) in [7, 11) is -2.76. The van der Waals surface area contributed by atoms with Crippen molar-refractivity contribution in [3.8, 4) is 0 Å². The summed E-state index contributed by atoms with van der Waals surface area (Å²) in [4.78, 5) is 29.2. The van der Waals surface area contributed by atoms with Crippen molar-refractivity contribution in [1.29, 1.82) is 0 Å². The number of anilines is 1. The number of nitrogens with zero attached hydrogens (tertiary/aromatic N) is 4. The van der Waals surface area contributed by atoms with E-state index in [0.29, 0.717) is 0 Å². The van der Waals surface area contributed by atoms with Gasteiger partial charge in [-0.3, -0.25) is 18.2 Å². The van der Waals surface area contributed by atoms with Gasteiger partial charge < -0.3 is 20.5 Å². The van der Waals surface area contributed by atoms with Crippen molar-refractivity contribution < 1.29 is 28.3 Å². The Morgan fingerprint density at radius 1 is 1.50 bits per heavy atom. The van der Waals surface area contributed by atoms with Crippen LogP contribution in [-0.4, -0.2) is 54.0 Å². The third kappa shape index (κ3) is 2.19. The number of aromatic nitrogens is 4. The summed E-state index contributed by atoms with van der Waals surface area (Å²) >= 11 is 0. The predicted octanol–water partition coefficient (Wildman–Crippen LogP) is -1.51. The lowest BCUT2D eigenvalue weighted by atomic mass is 10.1. The van der Waals surface area contributed by atoms with Crippen LogP contribution in [0.15, 0.2) is 11.1 Å². The Bertz CT molecular complexity index is 925. The lowest BCUT2D eigenvalue weighted by Gasteiger charge is -2.27. The highest BCUT2D eigenvalue weighted by Crippen LogP contribution is 2.52. The maximum atomic E-state index is 11.8. The molecule has 5 atom stereocenters. The number of aliphatic hydroxyl groups excluding tert-OH is 1. The number of rotatable bonds is 1. The van der Waals surface area contributed by atoms with Crippen LogP contribution >= 0.6 is 7.82 Å². The quantitative estimate of drug-likeness (QED) is 0.510. The maximum Gasteiger partial charge on any atom is 0.472 e. The summed E-state index contributed by atoms with van der Waals surface area (Å²) in [5.41, 5.74) is 5.66. The van der Waals surface area contributed by atoms with Crippen LogP contribution < -0.4 is 11.4 Å². The second-order valence-corrected chi connectivity index (χ2v) is 6.96. The third-order valence-electron chi connectivity index (χ3n) is 4.10. The van der Waals surface area contributed by atoms with E-state index in [9.17, 15) is 19.4 Å². The summed E-state index contributed by atoms with van der Waals surface area (Å²) in [6.45, 7) is -0.212. The average Bonchev–Trinajstić information content (AvgIpc) is 3.06. The molecular weight excluding hydrogens is 345 g/mol. The van der Waals surface area contributed by atoms with E-state index in [-0.39, 0.29) is 23.6 Å². The highest BCUT2D eigenvalue weighted by atomic mass is 31.2. The van der Waals surface area contributed by atoms with Gasteiger partial charge in [-0.25, -0.2) is 14.3 Å². The second-order valence-electron chi connectivity index (χ2n) is 5.55. The van der Waals surface area contributed by atoms with Gasteiger partial charge in [-0.15, -0.1) is 0 Å². The van der Waals surface area contributed by atoms with Crippen LogP contribution in [0.1, 0.15) is 6.23 Å². The van der Waals surface area contributed by atoms with Crippen molar-refractivity contribution in [3.05, 3.63) is 16.8 Å². The van der Waals surface area contributed by atoms with E-state index in [1.807, 2.05) is 0 Å². The minimum Gasteiger partial charge on any atom is -0.386 e. The Balaban J connectivity index is 1.76. The molecule has 2 unspecified atom stereocenters. The number of imidazole rings is 1. The number of nitrogen functional groups attached to an aromatic ring is 1. The van der Waals surface area contributed by atoms with Crippen LogP contribution in [0.5, 0.6) is 0 Å². The highest BCUT2D eigenvalue weighted by Gasteiger charge is 2.52. The Kier molecular flexibility index (Phi) is 3.33. The molecule has 0 spiro atoms. The van der Waals surface area contributed by atoms with E-state index in [2.05, 4.69) is 14.5 Å². The molecule has 0 aromatic carbocycles. The molecule has 0 radical (unpaired) electrons. The minimum absolute atomic E-state index is 0.119. The van der Waals surface area contributed by atoms with Gasteiger partial charge in [-0.2, -0.15) is 4.98 Å². The lowest BCUT2D eigenvalue weighted by Crippen LogP contribution is -2.39. The summed E-state index contributed by atoms with van der Waals surface area (Å²) < 4.78 is 29.2. The van der Waals surface area contributed by atoms with Gasteiger partial charge in [0.2, 0.25) is 0 Å². The molecule has 13 heteroatoms. The summed E-state index contributed by atoms with van der Waals surface area (Å²) in [5, 5.41) is 10.4. The van der Waals surface area contributed by atoms with E-state index < -0.39 is 38.1 Å². The molecule has 0 amide bonds. The number of nitrogens with two attached hydrogens (primary N) is 1. The van der Waals surface area contributed by atoms with Gasteiger partial charge in [-0.1, -0.05) is 0 Å². The SMILES string of the molecule is Cn1c(N)c2ncn(C3O[C@@H]4COP(=O)(O)O[C@@H]4[C@@H]3O)c2nc1=O. The Morgan fingerprint density at radius 2 is 2.25 bits per heavy atom. The van der Waals surface area contributed by atoms with Crippen molar-refractivity contribution in [2.45, 2.75) is 24.5 Å². The number of aliphatic hydroxyl groups is 1. The first-order valence-corrected chi connectivity index (χ1v) is 8.46. The van der Waals surface area contributed by atoms with Crippen LogP contribution in [0.25, 0.3) is 11.2 Å². The maximum absolute atomic E-state index is 11.8. The second kappa shape index (κ2) is 5.09. The zero-order valence-corrected chi connectivity index (χ0v) is 13.2. The predicted molar refractivity (Wildman–Crippen MR) is 77.7 cm³/mol. The normalized spacial score (nSPS) is 36.1. The molecule has 2 saturated heterocycles. The average molecular weight is 359 g/mol. The summed E-state index contributed by atoms with van der Waals surface area (Å²) in [6.07, 6.45) is -2.80. The number of hydrogen-bond donors (Lipinski definition) is 3. The zero-order valence-electron chi connectivity index (χ0n) is 12.3. The Morgan fingerprint density at radius 3 is 3.00 bits per heavy atom. The fourth-order valence-corrected chi connectivity index (χ4v) is 3.79. The molecule has 4 heterocycles. The summed E-state index contributed by atoms with van der Waals surface area (Å²) in [6, 6.07) is 0. The van der Waals surface area contributed by atoms with Crippen molar-refractivity contribution in [2.75, 3.05) is 12.3 Å². The van der Waals surface area contributed by atoms with E-state index in [4.69, 9.17) is 15.0 Å². The molecule has 130 valence electrons. The Labute approximate surface area is 134 Å². The fourth-order valence-electron chi connectivity index (χ4n) is 2.83. The molecule has 0 bridgehead atoms. The fraction of sp³-hybridized carbons (Fsp3) is 0.545. The van der Waals surface area contributed by atoms with Crippen LogP contribution in [0.4, 0.5) is 5.82 Å². The minimum atomic E-state index is -4.22. The molecule has 2 fully saturated rings. The zero-order chi connectivity index (χ0) is 17.2. The number of phosphoric acid groups is 1.